The van der Waals surface area contributed by atoms with E-state index >= 15 is 0 Å². The lowest BCUT2D eigenvalue weighted by atomic mass is 9.94. The third-order valence-corrected chi connectivity index (χ3v) is 1.22. The number of aryl methyl sites for hydroxylation is 1. The molecule has 2 heteroatoms. The Labute approximate surface area is 55.7 Å². The van der Waals surface area contributed by atoms with Crippen molar-refractivity contribution in [3.05, 3.63) is 23.8 Å². The minimum Gasteiger partial charge on any atom is -0.508 e. The number of rotatable bonds is 0. The maximum Gasteiger partial charge on any atom is 0.118 e. The number of phenols is 1. The maximum atomic E-state index is 8.99. The highest BCUT2D eigenvalue weighted by Crippen LogP contribution is 2.11. The minimum atomic E-state index is 0.296. The molecule has 0 bridgehead atoms. The molecule has 0 aliphatic rings. The van der Waals surface area contributed by atoms with E-state index in [-0.39, 0.29) is 0 Å². The summed E-state index contributed by atoms with van der Waals surface area (Å²) < 4.78 is 0. The van der Waals surface area contributed by atoms with Crippen molar-refractivity contribution < 1.29 is 5.11 Å². The van der Waals surface area contributed by atoms with Gasteiger partial charge in [-0.15, -0.1) is 0 Å². The molecule has 0 atom stereocenters. The summed E-state index contributed by atoms with van der Waals surface area (Å²) in [6.07, 6.45) is 0. The Morgan fingerprint density at radius 2 is 2.11 bits per heavy atom. The fourth-order valence-electron chi connectivity index (χ4n) is 0.679. The SMILES string of the molecule is [B]c1ccc(O)c(C)c1. The number of hydrogen-bond donors (Lipinski definition) is 1. The van der Waals surface area contributed by atoms with Crippen LogP contribution in [0, 0.1) is 6.92 Å². The molecule has 0 saturated heterocycles. The van der Waals surface area contributed by atoms with Crippen molar-refractivity contribution in [1.82, 2.24) is 0 Å². The summed E-state index contributed by atoms with van der Waals surface area (Å²) in [6.45, 7) is 1.81. The Balaban J connectivity index is 3.17. The molecular weight excluding hydrogens is 111 g/mol. The van der Waals surface area contributed by atoms with E-state index in [1.165, 1.54) is 0 Å². The minimum absolute atomic E-state index is 0.296. The van der Waals surface area contributed by atoms with Crippen molar-refractivity contribution in [2.75, 3.05) is 0 Å². The molecule has 0 aliphatic carbocycles. The number of hydrogen-bond acceptors (Lipinski definition) is 1. The Bertz CT molecular complexity index is 220. The lowest BCUT2D eigenvalue weighted by Gasteiger charge is -1.97. The van der Waals surface area contributed by atoms with E-state index in [2.05, 4.69) is 0 Å². The van der Waals surface area contributed by atoms with E-state index in [0.29, 0.717) is 11.2 Å². The van der Waals surface area contributed by atoms with Crippen LogP contribution < -0.4 is 5.46 Å². The molecule has 0 aliphatic heterocycles. The highest BCUT2D eigenvalue weighted by Gasteiger charge is 1.91. The molecular formula is C7H7BO. The van der Waals surface area contributed by atoms with Crippen molar-refractivity contribution in [2.24, 2.45) is 0 Å². The van der Waals surface area contributed by atoms with Crippen LogP contribution in [0.15, 0.2) is 18.2 Å². The van der Waals surface area contributed by atoms with Gasteiger partial charge in [0, 0.05) is 0 Å². The normalized spacial score (nSPS) is 9.44. The van der Waals surface area contributed by atoms with E-state index in [9.17, 15) is 0 Å². The summed E-state index contributed by atoms with van der Waals surface area (Å²) in [6, 6.07) is 4.99. The van der Waals surface area contributed by atoms with Gasteiger partial charge in [-0.1, -0.05) is 17.6 Å². The van der Waals surface area contributed by atoms with Crippen LogP contribution >= 0.6 is 0 Å². The summed E-state index contributed by atoms with van der Waals surface area (Å²) in [7, 11) is 5.42. The molecule has 0 fully saturated rings. The van der Waals surface area contributed by atoms with Gasteiger partial charge in [-0.3, -0.25) is 0 Å². The highest BCUT2D eigenvalue weighted by atomic mass is 16.3. The van der Waals surface area contributed by atoms with Crippen molar-refractivity contribution in [3.63, 3.8) is 0 Å². The molecule has 2 radical (unpaired) electrons. The molecule has 0 spiro atoms. The standard InChI is InChI=1S/C7H7BO/c1-5-4-6(8)2-3-7(5)9/h2-4,9H,1H3. The third kappa shape index (κ3) is 1.25. The second-order valence-electron chi connectivity index (χ2n) is 2.05. The van der Waals surface area contributed by atoms with Gasteiger partial charge in [0.25, 0.3) is 0 Å². The molecule has 1 aromatic carbocycles. The van der Waals surface area contributed by atoms with Crippen LogP contribution in [0.2, 0.25) is 0 Å². The first-order valence-electron chi connectivity index (χ1n) is 2.75. The molecule has 0 heterocycles. The molecule has 9 heavy (non-hydrogen) atoms. The maximum absolute atomic E-state index is 8.99. The van der Waals surface area contributed by atoms with Gasteiger partial charge in [0.2, 0.25) is 0 Å². The van der Waals surface area contributed by atoms with Crippen LogP contribution in [0.5, 0.6) is 5.75 Å². The fourth-order valence-corrected chi connectivity index (χ4v) is 0.679. The van der Waals surface area contributed by atoms with Crippen molar-refractivity contribution in [3.8, 4) is 5.75 Å². The van der Waals surface area contributed by atoms with Gasteiger partial charge in [-0.2, -0.15) is 0 Å². The first kappa shape index (κ1) is 6.21. The van der Waals surface area contributed by atoms with Gasteiger partial charge in [-0.25, -0.2) is 0 Å². The van der Waals surface area contributed by atoms with Gasteiger partial charge in [0.1, 0.15) is 13.6 Å². The van der Waals surface area contributed by atoms with Crippen LogP contribution in [-0.4, -0.2) is 13.0 Å². The van der Waals surface area contributed by atoms with Crippen molar-refractivity contribution >= 4 is 13.3 Å². The number of phenolic OH excluding ortho intramolecular Hbond substituents is 1. The largest absolute Gasteiger partial charge is 0.508 e. The molecule has 1 nitrogen and oxygen atoms in total. The zero-order valence-electron chi connectivity index (χ0n) is 5.26. The van der Waals surface area contributed by atoms with Crippen LogP contribution in [0.1, 0.15) is 5.56 Å². The van der Waals surface area contributed by atoms with Crippen LogP contribution in [-0.2, 0) is 0 Å². The first-order valence-corrected chi connectivity index (χ1v) is 2.75. The smallest absolute Gasteiger partial charge is 0.118 e. The zero-order valence-corrected chi connectivity index (χ0v) is 5.26. The summed E-state index contributed by atoms with van der Waals surface area (Å²) in [5.41, 5.74) is 1.50. The lowest BCUT2D eigenvalue weighted by Crippen LogP contribution is -2.00. The molecule has 0 saturated carbocycles. The Morgan fingerprint density at radius 3 is 2.56 bits per heavy atom. The van der Waals surface area contributed by atoms with Crippen LogP contribution in [0.25, 0.3) is 0 Å². The quantitative estimate of drug-likeness (QED) is 0.491. The number of benzene rings is 1. The third-order valence-electron chi connectivity index (χ3n) is 1.22. The molecule has 44 valence electrons. The lowest BCUT2D eigenvalue weighted by molar-refractivity contribution is 0.471. The van der Waals surface area contributed by atoms with Gasteiger partial charge in [0.15, 0.2) is 0 Å². The predicted molar refractivity (Wildman–Crippen MR) is 38.2 cm³/mol. The molecule has 1 aromatic rings. The van der Waals surface area contributed by atoms with Gasteiger partial charge in [0.05, 0.1) is 0 Å². The van der Waals surface area contributed by atoms with E-state index < -0.39 is 0 Å². The Hall–Kier alpha value is -0.915. The molecule has 0 amide bonds. The molecule has 0 unspecified atom stereocenters. The summed E-state index contributed by atoms with van der Waals surface area (Å²) >= 11 is 0. The summed E-state index contributed by atoms with van der Waals surface area (Å²) in [4.78, 5) is 0. The van der Waals surface area contributed by atoms with E-state index in [4.69, 9.17) is 13.0 Å². The summed E-state index contributed by atoms with van der Waals surface area (Å²) in [5.74, 6) is 0.296. The van der Waals surface area contributed by atoms with Crippen molar-refractivity contribution in [2.45, 2.75) is 6.92 Å². The second-order valence-corrected chi connectivity index (χ2v) is 2.05. The van der Waals surface area contributed by atoms with Crippen LogP contribution in [0.3, 0.4) is 0 Å². The van der Waals surface area contributed by atoms with E-state index in [1.54, 1.807) is 18.2 Å². The van der Waals surface area contributed by atoms with Crippen LogP contribution in [0.4, 0.5) is 0 Å². The van der Waals surface area contributed by atoms with Gasteiger partial charge >= 0.3 is 0 Å². The second kappa shape index (κ2) is 2.13. The Kier molecular flexibility index (Phi) is 1.47. The number of aromatic hydroxyl groups is 1. The average Bonchev–Trinajstić information content (AvgIpc) is 1.80. The van der Waals surface area contributed by atoms with Crippen molar-refractivity contribution in [1.29, 1.82) is 0 Å². The molecule has 1 rings (SSSR count). The highest BCUT2D eigenvalue weighted by molar-refractivity contribution is 6.32. The zero-order chi connectivity index (χ0) is 6.85. The van der Waals surface area contributed by atoms with E-state index in [0.717, 1.165) is 5.56 Å². The first-order chi connectivity index (χ1) is 4.20. The monoisotopic (exact) mass is 118 g/mol. The van der Waals surface area contributed by atoms with Gasteiger partial charge < -0.3 is 5.11 Å². The Morgan fingerprint density at radius 1 is 1.44 bits per heavy atom. The average molecular weight is 118 g/mol. The predicted octanol–water partition coefficient (Wildman–Crippen LogP) is 0.494. The molecule has 0 aromatic heterocycles. The summed E-state index contributed by atoms with van der Waals surface area (Å²) in [5, 5.41) is 8.99. The topological polar surface area (TPSA) is 20.2 Å². The fraction of sp³-hybridized carbons (Fsp3) is 0.143. The molecule has 1 N–H and O–H groups in total. The van der Waals surface area contributed by atoms with E-state index in [1.807, 2.05) is 6.92 Å². The van der Waals surface area contributed by atoms with Gasteiger partial charge in [-0.05, 0) is 18.6 Å².